The highest BCUT2D eigenvalue weighted by atomic mass is 32.2. The Hall–Kier alpha value is -1.75. The Bertz CT molecular complexity index is 678. The zero-order valence-electron chi connectivity index (χ0n) is 11.9. The van der Waals surface area contributed by atoms with Crippen LogP contribution in [0.3, 0.4) is 0 Å². The molecule has 1 aromatic carbocycles. The molecule has 0 amide bonds. The fourth-order valence-corrected chi connectivity index (χ4v) is 3.60. The summed E-state index contributed by atoms with van der Waals surface area (Å²) >= 11 is 1.86. The molecular weight excluding hydrogens is 284 g/mol. The monoisotopic (exact) mass is 302 g/mol. The van der Waals surface area contributed by atoms with Crippen molar-refractivity contribution in [3.63, 3.8) is 0 Å². The van der Waals surface area contributed by atoms with Gasteiger partial charge in [-0.15, -0.1) is 0 Å². The van der Waals surface area contributed by atoms with Crippen molar-refractivity contribution in [2.45, 2.75) is 24.0 Å². The standard InChI is InChI=1S/C16H18N2O2S/c1-21-16(7-4-8-16)10-17-14-12(15(19)20)9-11-5-2-3-6-13(11)18-14/h2-3,5-6,9H,4,7-8,10H2,1H3,(H,17,18)(H,19,20). The van der Waals surface area contributed by atoms with Gasteiger partial charge in [0, 0.05) is 16.7 Å². The largest absolute Gasteiger partial charge is 0.478 e. The molecule has 1 heterocycles. The molecule has 1 fully saturated rings. The van der Waals surface area contributed by atoms with E-state index in [1.54, 1.807) is 6.07 Å². The number of carbonyl (C=O) groups is 1. The van der Waals surface area contributed by atoms with Crippen molar-refractivity contribution in [1.29, 1.82) is 0 Å². The predicted molar refractivity (Wildman–Crippen MR) is 87.3 cm³/mol. The molecule has 0 aliphatic heterocycles. The number of thioether (sulfide) groups is 1. The quantitative estimate of drug-likeness (QED) is 0.883. The molecule has 0 saturated heterocycles. The molecule has 21 heavy (non-hydrogen) atoms. The van der Waals surface area contributed by atoms with E-state index in [1.165, 1.54) is 19.3 Å². The van der Waals surface area contributed by atoms with Crippen molar-refractivity contribution in [2.24, 2.45) is 0 Å². The second kappa shape index (κ2) is 5.56. The van der Waals surface area contributed by atoms with E-state index in [1.807, 2.05) is 36.0 Å². The fraction of sp³-hybridized carbons (Fsp3) is 0.375. The van der Waals surface area contributed by atoms with Gasteiger partial charge in [-0.05, 0) is 31.2 Å². The van der Waals surface area contributed by atoms with Crippen LogP contribution in [0.25, 0.3) is 10.9 Å². The first-order valence-electron chi connectivity index (χ1n) is 7.06. The van der Waals surface area contributed by atoms with Crippen LogP contribution in [0.15, 0.2) is 30.3 Å². The topological polar surface area (TPSA) is 62.2 Å². The lowest BCUT2D eigenvalue weighted by molar-refractivity contribution is 0.0697. The summed E-state index contributed by atoms with van der Waals surface area (Å²) in [5.74, 6) is -0.468. The molecule has 2 N–H and O–H groups in total. The molecule has 1 aliphatic carbocycles. The summed E-state index contributed by atoms with van der Waals surface area (Å²) in [6, 6.07) is 9.28. The Morgan fingerprint density at radius 2 is 2.19 bits per heavy atom. The van der Waals surface area contributed by atoms with Gasteiger partial charge in [0.15, 0.2) is 0 Å². The predicted octanol–water partition coefficient (Wildman–Crippen LogP) is 3.63. The lowest BCUT2D eigenvalue weighted by Gasteiger charge is -2.40. The van der Waals surface area contributed by atoms with E-state index in [-0.39, 0.29) is 10.3 Å². The molecule has 0 atom stereocenters. The van der Waals surface area contributed by atoms with Crippen LogP contribution < -0.4 is 5.32 Å². The summed E-state index contributed by atoms with van der Waals surface area (Å²) in [6.07, 6.45) is 5.72. The number of anilines is 1. The summed E-state index contributed by atoms with van der Waals surface area (Å²) in [5, 5.41) is 13.5. The average molecular weight is 302 g/mol. The number of benzene rings is 1. The lowest BCUT2D eigenvalue weighted by Crippen LogP contribution is -2.40. The van der Waals surface area contributed by atoms with Crippen LogP contribution in [0.4, 0.5) is 5.82 Å². The van der Waals surface area contributed by atoms with Crippen LogP contribution in [0.2, 0.25) is 0 Å². The number of nitrogens with one attached hydrogen (secondary N) is 1. The second-order valence-electron chi connectivity index (χ2n) is 5.48. The molecule has 0 unspecified atom stereocenters. The Kier molecular flexibility index (Phi) is 3.76. The SMILES string of the molecule is CSC1(CNc2nc3ccccc3cc2C(=O)O)CCC1. The number of para-hydroxylation sites is 1. The minimum Gasteiger partial charge on any atom is -0.478 e. The first kappa shape index (κ1) is 14.2. The van der Waals surface area contributed by atoms with Crippen molar-refractivity contribution in [3.8, 4) is 0 Å². The fourth-order valence-electron chi connectivity index (χ4n) is 2.68. The first-order valence-corrected chi connectivity index (χ1v) is 8.28. The van der Waals surface area contributed by atoms with Gasteiger partial charge in [0.05, 0.1) is 5.52 Å². The molecule has 4 nitrogen and oxygen atoms in total. The number of aromatic nitrogens is 1. The number of aromatic carboxylic acids is 1. The van der Waals surface area contributed by atoms with Gasteiger partial charge < -0.3 is 10.4 Å². The van der Waals surface area contributed by atoms with Gasteiger partial charge >= 0.3 is 5.97 Å². The average Bonchev–Trinajstić information content (AvgIpc) is 2.45. The Morgan fingerprint density at radius 3 is 2.81 bits per heavy atom. The van der Waals surface area contributed by atoms with E-state index >= 15 is 0 Å². The van der Waals surface area contributed by atoms with Gasteiger partial charge in [0.25, 0.3) is 0 Å². The van der Waals surface area contributed by atoms with Crippen molar-refractivity contribution in [3.05, 3.63) is 35.9 Å². The zero-order valence-corrected chi connectivity index (χ0v) is 12.7. The number of hydrogen-bond donors (Lipinski definition) is 2. The van der Waals surface area contributed by atoms with Crippen molar-refractivity contribution in [2.75, 3.05) is 18.1 Å². The van der Waals surface area contributed by atoms with E-state index in [0.29, 0.717) is 5.82 Å². The van der Waals surface area contributed by atoms with Gasteiger partial charge in [0.1, 0.15) is 11.4 Å². The summed E-state index contributed by atoms with van der Waals surface area (Å²) in [6.45, 7) is 0.764. The van der Waals surface area contributed by atoms with Crippen LogP contribution in [0.1, 0.15) is 29.6 Å². The van der Waals surface area contributed by atoms with E-state index in [2.05, 4.69) is 16.6 Å². The number of hydrogen-bond acceptors (Lipinski definition) is 4. The third kappa shape index (κ3) is 2.70. The van der Waals surface area contributed by atoms with Gasteiger partial charge in [-0.1, -0.05) is 24.6 Å². The molecule has 0 spiro atoms. The number of nitrogens with zero attached hydrogens (tertiary/aromatic N) is 1. The summed E-state index contributed by atoms with van der Waals surface area (Å²) in [5.41, 5.74) is 1.06. The van der Waals surface area contributed by atoms with Gasteiger partial charge in [-0.2, -0.15) is 11.8 Å². The molecule has 0 bridgehead atoms. The van der Waals surface area contributed by atoms with Gasteiger partial charge in [-0.3, -0.25) is 0 Å². The minimum absolute atomic E-state index is 0.239. The Labute approximate surface area is 128 Å². The molecule has 1 aromatic heterocycles. The molecule has 2 aromatic rings. The van der Waals surface area contributed by atoms with Crippen LogP contribution >= 0.6 is 11.8 Å². The lowest BCUT2D eigenvalue weighted by atomic mass is 9.84. The molecule has 1 aliphatic rings. The smallest absolute Gasteiger partial charge is 0.339 e. The summed E-state index contributed by atoms with van der Waals surface area (Å²) in [7, 11) is 0. The van der Waals surface area contributed by atoms with Crippen molar-refractivity contribution in [1.82, 2.24) is 4.98 Å². The Balaban J connectivity index is 1.92. The third-order valence-corrected chi connectivity index (χ3v) is 5.65. The number of fused-ring (bicyclic) bond motifs is 1. The van der Waals surface area contributed by atoms with Gasteiger partial charge in [0.2, 0.25) is 0 Å². The highest BCUT2D eigenvalue weighted by Crippen LogP contribution is 2.42. The minimum atomic E-state index is -0.942. The van der Waals surface area contributed by atoms with E-state index in [9.17, 15) is 9.90 Å². The number of carboxylic acids is 1. The first-order chi connectivity index (χ1) is 10.1. The maximum Gasteiger partial charge on any atom is 0.339 e. The number of carboxylic acid groups (broad SMARTS) is 1. The molecule has 3 rings (SSSR count). The Morgan fingerprint density at radius 1 is 1.43 bits per heavy atom. The number of pyridine rings is 1. The maximum absolute atomic E-state index is 11.5. The van der Waals surface area contributed by atoms with Crippen LogP contribution in [-0.2, 0) is 0 Å². The summed E-state index contributed by atoms with van der Waals surface area (Å²) < 4.78 is 0.239. The van der Waals surface area contributed by atoms with Gasteiger partial charge in [-0.25, -0.2) is 9.78 Å². The molecular formula is C16H18N2O2S. The maximum atomic E-state index is 11.5. The molecule has 1 saturated carbocycles. The van der Waals surface area contributed by atoms with E-state index < -0.39 is 5.97 Å². The second-order valence-corrected chi connectivity index (χ2v) is 6.75. The van der Waals surface area contributed by atoms with E-state index in [0.717, 1.165) is 17.4 Å². The highest BCUT2D eigenvalue weighted by Gasteiger charge is 2.36. The van der Waals surface area contributed by atoms with Crippen LogP contribution in [0.5, 0.6) is 0 Å². The normalized spacial score (nSPS) is 16.4. The molecule has 110 valence electrons. The summed E-state index contributed by atoms with van der Waals surface area (Å²) in [4.78, 5) is 15.9. The third-order valence-electron chi connectivity index (χ3n) is 4.23. The van der Waals surface area contributed by atoms with Crippen LogP contribution in [0, 0.1) is 0 Å². The van der Waals surface area contributed by atoms with Crippen molar-refractivity contribution >= 4 is 34.5 Å². The number of rotatable bonds is 5. The molecule has 0 radical (unpaired) electrons. The van der Waals surface area contributed by atoms with Crippen molar-refractivity contribution < 1.29 is 9.90 Å². The van der Waals surface area contributed by atoms with Crippen LogP contribution in [-0.4, -0.2) is 33.6 Å². The molecule has 5 heteroatoms. The zero-order chi connectivity index (χ0) is 14.9. The van der Waals surface area contributed by atoms with E-state index in [4.69, 9.17) is 0 Å². The highest BCUT2D eigenvalue weighted by molar-refractivity contribution is 8.00.